The van der Waals surface area contributed by atoms with Gasteiger partial charge in [-0.1, -0.05) is 90.4 Å². The molecule has 1 atom stereocenters. The molecule has 0 aliphatic carbocycles. The van der Waals surface area contributed by atoms with Crippen LogP contribution in [-0.4, -0.2) is 12.7 Å². The van der Waals surface area contributed by atoms with Gasteiger partial charge in [-0.2, -0.15) is 0 Å². The Balaban J connectivity index is 1.36. The molecule has 1 aromatic heterocycles. The average molecular weight is 485 g/mol. The molecule has 1 aliphatic rings. The molecule has 0 saturated carbocycles. The van der Waals surface area contributed by atoms with Crippen LogP contribution >= 0.6 is 0 Å². The fraction of sp³-hybridized carbons (Fsp3) is 0.750. The number of fused-ring (bicyclic) bond motifs is 3. The Morgan fingerprint density at radius 2 is 1.40 bits per heavy atom. The Labute approximate surface area is 215 Å². The molecule has 3 nitrogen and oxygen atoms in total. The highest BCUT2D eigenvalue weighted by molar-refractivity contribution is 5.88. The zero-order valence-electron chi connectivity index (χ0n) is 23.5. The van der Waals surface area contributed by atoms with Crippen molar-refractivity contribution in [3.05, 3.63) is 28.5 Å². The summed E-state index contributed by atoms with van der Waals surface area (Å²) in [5, 5.41) is 1.22. The first kappa shape index (κ1) is 28.1. The fourth-order valence-electron chi connectivity index (χ4n) is 5.79. The maximum absolute atomic E-state index is 6.75. The molecule has 1 unspecified atom stereocenters. The molecule has 35 heavy (non-hydrogen) atoms. The van der Waals surface area contributed by atoms with Gasteiger partial charge in [-0.3, -0.25) is 0 Å². The molecule has 3 rings (SSSR count). The predicted octanol–water partition coefficient (Wildman–Crippen LogP) is 10.2. The largest absolute Gasteiger partial charge is 0.487 e. The first-order chi connectivity index (χ1) is 17.0. The highest BCUT2D eigenvalue weighted by Crippen LogP contribution is 2.44. The summed E-state index contributed by atoms with van der Waals surface area (Å²) < 4.78 is 18.2. The van der Waals surface area contributed by atoms with Crippen molar-refractivity contribution in [1.82, 2.24) is 0 Å². The number of furan rings is 1. The van der Waals surface area contributed by atoms with Gasteiger partial charge in [0.1, 0.15) is 29.3 Å². The molecule has 0 N–H and O–H groups in total. The van der Waals surface area contributed by atoms with Gasteiger partial charge >= 0.3 is 0 Å². The highest BCUT2D eigenvalue weighted by Gasteiger charge is 2.34. The Bertz CT molecular complexity index is 896. The van der Waals surface area contributed by atoms with Gasteiger partial charge in [0.2, 0.25) is 0 Å². The van der Waals surface area contributed by atoms with Crippen LogP contribution in [0, 0.1) is 13.8 Å². The highest BCUT2D eigenvalue weighted by atomic mass is 16.5. The van der Waals surface area contributed by atoms with E-state index in [9.17, 15) is 0 Å². The second-order valence-electron chi connectivity index (χ2n) is 11.3. The van der Waals surface area contributed by atoms with Crippen molar-refractivity contribution in [3.63, 3.8) is 0 Å². The molecular formula is C32H52O3. The number of hydrogen-bond acceptors (Lipinski definition) is 3. The summed E-state index contributed by atoms with van der Waals surface area (Å²) in [6.07, 6.45) is 23.0. The Kier molecular flexibility index (Phi) is 11.5. The molecule has 0 saturated heterocycles. The minimum Gasteiger partial charge on any atom is -0.487 e. The summed E-state index contributed by atoms with van der Waals surface area (Å²) in [6.45, 7) is 9.47. The van der Waals surface area contributed by atoms with Crippen molar-refractivity contribution < 1.29 is 13.9 Å². The van der Waals surface area contributed by atoms with E-state index in [4.69, 9.17) is 13.9 Å². The van der Waals surface area contributed by atoms with Crippen LogP contribution in [0.25, 0.3) is 11.0 Å². The fourth-order valence-corrected chi connectivity index (χ4v) is 5.79. The van der Waals surface area contributed by atoms with Crippen molar-refractivity contribution in [3.8, 4) is 5.75 Å². The smallest absolute Gasteiger partial charge is 0.138 e. The topological polar surface area (TPSA) is 31.6 Å². The van der Waals surface area contributed by atoms with Crippen LogP contribution in [-0.2, 0) is 17.8 Å². The van der Waals surface area contributed by atoms with E-state index >= 15 is 0 Å². The van der Waals surface area contributed by atoms with Crippen LogP contribution in [0.15, 0.2) is 10.5 Å². The molecule has 1 aliphatic heterocycles. The van der Waals surface area contributed by atoms with Crippen LogP contribution in [0.1, 0.15) is 139 Å². The number of hydrogen-bond donors (Lipinski definition) is 0. The molecule has 198 valence electrons. The van der Waals surface area contributed by atoms with E-state index in [-0.39, 0.29) is 5.60 Å². The molecule has 2 heterocycles. The third kappa shape index (κ3) is 8.00. The minimum absolute atomic E-state index is 0.0475. The van der Waals surface area contributed by atoms with E-state index < -0.39 is 0 Å². The lowest BCUT2D eigenvalue weighted by Crippen LogP contribution is -2.36. The SMILES string of the molecule is CCCCCCCCCCCCCCCCC1(C)CCc2c(c(C)c(C)c3oc(COC)cc23)O1. The van der Waals surface area contributed by atoms with Gasteiger partial charge in [0.05, 0.1) is 0 Å². The number of methoxy groups -OCH3 is 1. The van der Waals surface area contributed by atoms with Crippen molar-refractivity contribution in [1.29, 1.82) is 0 Å². The number of ether oxygens (including phenoxy) is 2. The summed E-state index contributed by atoms with van der Waals surface area (Å²) in [7, 11) is 1.71. The van der Waals surface area contributed by atoms with Gasteiger partial charge in [-0.25, -0.2) is 0 Å². The first-order valence-electron chi connectivity index (χ1n) is 14.7. The van der Waals surface area contributed by atoms with Crippen molar-refractivity contribution in [2.75, 3.05) is 7.11 Å². The zero-order chi connectivity index (χ0) is 25.1. The van der Waals surface area contributed by atoms with E-state index in [0.29, 0.717) is 6.61 Å². The number of rotatable bonds is 17. The van der Waals surface area contributed by atoms with E-state index in [1.807, 2.05) is 0 Å². The molecule has 0 spiro atoms. The van der Waals surface area contributed by atoms with Crippen LogP contribution < -0.4 is 4.74 Å². The van der Waals surface area contributed by atoms with Crippen LogP contribution in [0.2, 0.25) is 0 Å². The van der Waals surface area contributed by atoms with Gasteiger partial charge < -0.3 is 13.9 Å². The van der Waals surface area contributed by atoms with Crippen molar-refractivity contribution >= 4 is 11.0 Å². The Hall–Kier alpha value is -1.48. The van der Waals surface area contributed by atoms with Gasteiger partial charge in [0, 0.05) is 18.1 Å². The van der Waals surface area contributed by atoms with E-state index in [2.05, 4.69) is 33.8 Å². The maximum atomic E-state index is 6.75. The normalized spacial score (nSPS) is 17.6. The molecule has 0 bridgehead atoms. The lowest BCUT2D eigenvalue weighted by atomic mass is 9.85. The van der Waals surface area contributed by atoms with E-state index in [1.54, 1.807) is 7.11 Å². The first-order valence-corrected chi connectivity index (χ1v) is 14.7. The van der Waals surface area contributed by atoms with Crippen LogP contribution in [0.5, 0.6) is 5.75 Å². The van der Waals surface area contributed by atoms with Crippen LogP contribution in [0.4, 0.5) is 0 Å². The van der Waals surface area contributed by atoms with E-state index in [1.165, 1.54) is 112 Å². The van der Waals surface area contributed by atoms with Gasteiger partial charge in [-0.15, -0.1) is 0 Å². The Morgan fingerprint density at radius 3 is 1.97 bits per heavy atom. The van der Waals surface area contributed by atoms with E-state index in [0.717, 1.165) is 36.4 Å². The molecule has 2 aromatic rings. The maximum Gasteiger partial charge on any atom is 0.138 e. The molecule has 3 heteroatoms. The lowest BCUT2D eigenvalue weighted by molar-refractivity contribution is 0.0530. The third-order valence-corrected chi connectivity index (χ3v) is 8.22. The number of benzene rings is 1. The third-order valence-electron chi connectivity index (χ3n) is 8.22. The minimum atomic E-state index is -0.0475. The van der Waals surface area contributed by atoms with Crippen molar-refractivity contribution in [2.24, 2.45) is 0 Å². The lowest BCUT2D eigenvalue weighted by Gasteiger charge is -2.37. The molecule has 0 radical (unpaired) electrons. The van der Waals surface area contributed by atoms with Crippen molar-refractivity contribution in [2.45, 2.75) is 149 Å². The summed E-state index contributed by atoms with van der Waals surface area (Å²) >= 11 is 0. The second-order valence-corrected chi connectivity index (χ2v) is 11.3. The predicted molar refractivity (Wildman–Crippen MR) is 149 cm³/mol. The molecule has 0 amide bonds. The van der Waals surface area contributed by atoms with Gasteiger partial charge in [0.25, 0.3) is 0 Å². The molecule has 0 fully saturated rings. The quantitative estimate of drug-likeness (QED) is 0.209. The average Bonchev–Trinajstić information content (AvgIpc) is 3.27. The monoisotopic (exact) mass is 484 g/mol. The molecule has 1 aromatic carbocycles. The summed E-state index contributed by atoms with van der Waals surface area (Å²) in [5.41, 5.74) is 4.72. The standard InChI is InChI=1S/C32H52O3/c1-6-7-8-9-10-11-12-13-14-15-16-17-18-19-21-32(4)22-20-28-29-23-27(24-33-5)34-30(29)25(2)26(3)31(28)35-32/h23H,6-22,24H2,1-5H3. The number of aryl methyl sites for hydroxylation is 2. The summed E-state index contributed by atoms with van der Waals surface area (Å²) in [4.78, 5) is 0. The Morgan fingerprint density at radius 1 is 0.829 bits per heavy atom. The zero-order valence-corrected chi connectivity index (χ0v) is 23.5. The number of unbranched alkanes of at least 4 members (excludes halogenated alkanes) is 13. The summed E-state index contributed by atoms with van der Waals surface area (Å²) in [5.74, 6) is 2.01. The second kappa shape index (κ2) is 14.3. The van der Waals surface area contributed by atoms with Gasteiger partial charge in [0.15, 0.2) is 0 Å². The van der Waals surface area contributed by atoms with Gasteiger partial charge in [-0.05, 0) is 63.6 Å². The molecular weight excluding hydrogens is 432 g/mol. The van der Waals surface area contributed by atoms with Crippen LogP contribution in [0.3, 0.4) is 0 Å². The summed E-state index contributed by atoms with van der Waals surface area (Å²) in [6, 6.07) is 2.16.